The Morgan fingerprint density at radius 3 is 2.12 bits per heavy atom. The maximum absolute atomic E-state index is 12.8. The van der Waals surface area contributed by atoms with Gasteiger partial charge in [0.15, 0.2) is 24.6 Å². The van der Waals surface area contributed by atoms with E-state index in [-0.39, 0.29) is 5.56 Å². The topological polar surface area (TPSA) is 118 Å². The van der Waals surface area contributed by atoms with Gasteiger partial charge >= 0.3 is 17.9 Å². The molecule has 0 bridgehead atoms. The molecule has 0 radical (unpaired) electrons. The standard InChI is InChI=1S/C24H30O9/c1-14-9-7-8-10-15(2)22(27)32-19-18(31-21(14)26)17(13-25)30-24(29-3)20(19)33-23(28)16-11-5-4-6-12-16/h4-8,11-12,14-15,17-20,24-25H,9-10,13H2,1-3H3/t14-,15-,17-,18+,19+,20-,24+/m1/s1. The van der Waals surface area contributed by atoms with Crippen molar-refractivity contribution in [1.82, 2.24) is 0 Å². The van der Waals surface area contributed by atoms with E-state index in [0.29, 0.717) is 12.8 Å². The summed E-state index contributed by atoms with van der Waals surface area (Å²) in [6.07, 6.45) is -1.43. The van der Waals surface area contributed by atoms with Gasteiger partial charge in [0.05, 0.1) is 24.0 Å². The van der Waals surface area contributed by atoms with Crippen LogP contribution in [0, 0.1) is 11.8 Å². The molecule has 180 valence electrons. The Labute approximate surface area is 192 Å². The first-order chi connectivity index (χ1) is 15.8. The quantitative estimate of drug-likeness (QED) is 0.407. The van der Waals surface area contributed by atoms with Gasteiger partial charge in [-0.15, -0.1) is 0 Å². The molecule has 9 heteroatoms. The first-order valence-electron chi connectivity index (χ1n) is 11.0. The van der Waals surface area contributed by atoms with Crippen LogP contribution < -0.4 is 0 Å². The summed E-state index contributed by atoms with van der Waals surface area (Å²) in [5.41, 5.74) is 0.275. The van der Waals surface area contributed by atoms with Crippen LogP contribution in [0.4, 0.5) is 0 Å². The zero-order chi connectivity index (χ0) is 24.0. The normalized spacial score (nSPS) is 33.0. The summed E-state index contributed by atoms with van der Waals surface area (Å²) >= 11 is 0. The van der Waals surface area contributed by atoms with Gasteiger partial charge in [-0.2, -0.15) is 0 Å². The molecule has 0 amide bonds. The molecular formula is C24H30O9. The van der Waals surface area contributed by atoms with Crippen molar-refractivity contribution in [1.29, 1.82) is 0 Å². The molecule has 7 atom stereocenters. The molecule has 0 aromatic heterocycles. The van der Waals surface area contributed by atoms with E-state index >= 15 is 0 Å². The number of fused-ring (bicyclic) bond motifs is 1. The average molecular weight is 462 g/mol. The SMILES string of the molecule is CO[C@H]1O[C@H](CO)[C@@H]2OC(=O)[C@H](C)CC=CC[C@@H](C)C(=O)O[C@@H]2[C@H]1OC(=O)c1ccccc1. The molecule has 2 aliphatic rings. The molecule has 2 heterocycles. The molecule has 1 aromatic carbocycles. The number of carbonyl (C=O) groups excluding carboxylic acids is 3. The van der Waals surface area contributed by atoms with Crippen LogP contribution in [0.15, 0.2) is 42.5 Å². The molecule has 0 unspecified atom stereocenters. The van der Waals surface area contributed by atoms with E-state index in [9.17, 15) is 19.5 Å². The number of carbonyl (C=O) groups is 3. The highest BCUT2D eigenvalue weighted by Crippen LogP contribution is 2.31. The molecule has 3 rings (SSSR count). The minimum atomic E-state index is -1.25. The summed E-state index contributed by atoms with van der Waals surface area (Å²) in [4.78, 5) is 38.4. The van der Waals surface area contributed by atoms with Crippen LogP contribution in [0.5, 0.6) is 0 Å². The zero-order valence-corrected chi connectivity index (χ0v) is 18.9. The van der Waals surface area contributed by atoms with Crippen LogP contribution in [0.3, 0.4) is 0 Å². The summed E-state index contributed by atoms with van der Waals surface area (Å²) in [5, 5.41) is 9.92. The third-order valence-corrected chi connectivity index (χ3v) is 5.71. The fourth-order valence-corrected chi connectivity index (χ4v) is 3.68. The predicted octanol–water partition coefficient (Wildman–Crippen LogP) is 2.02. The Balaban J connectivity index is 1.97. The molecule has 1 aromatic rings. The largest absolute Gasteiger partial charge is 0.455 e. The number of esters is 3. The number of methoxy groups -OCH3 is 1. The summed E-state index contributed by atoms with van der Waals surface area (Å²) < 4.78 is 28.1. The Morgan fingerprint density at radius 1 is 1.00 bits per heavy atom. The second-order valence-electron chi connectivity index (χ2n) is 8.25. The third kappa shape index (κ3) is 5.98. The number of ether oxygens (including phenoxy) is 5. The number of aliphatic hydroxyl groups is 1. The van der Waals surface area contributed by atoms with Crippen molar-refractivity contribution in [3.05, 3.63) is 48.0 Å². The van der Waals surface area contributed by atoms with Gasteiger partial charge in [0.2, 0.25) is 0 Å². The molecule has 9 nitrogen and oxygen atoms in total. The zero-order valence-electron chi connectivity index (χ0n) is 18.9. The van der Waals surface area contributed by atoms with Crippen molar-refractivity contribution in [3.8, 4) is 0 Å². The van der Waals surface area contributed by atoms with Crippen molar-refractivity contribution in [2.45, 2.75) is 57.4 Å². The molecule has 0 aliphatic carbocycles. The van der Waals surface area contributed by atoms with Crippen LogP contribution in [0.2, 0.25) is 0 Å². The lowest BCUT2D eigenvalue weighted by molar-refractivity contribution is -0.299. The Hall–Kier alpha value is -2.75. The van der Waals surface area contributed by atoms with Crippen molar-refractivity contribution >= 4 is 17.9 Å². The van der Waals surface area contributed by atoms with Crippen molar-refractivity contribution in [2.24, 2.45) is 11.8 Å². The molecule has 0 spiro atoms. The number of hydrogen-bond acceptors (Lipinski definition) is 9. The van der Waals surface area contributed by atoms with E-state index in [0.717, 1.165) is 0 Å². The second-order valence-corrected chi connectivity index (χ2v) is 8.25. The molecule has 1 fully saturated rings. The summed E-state index contributed by atoms with van der Waals surface area (Å²) in [6.45, 7) is 2.89. The second kappa shape index (κ2) is 11.4. The smallest absolute Gasteiger partial charge is 0.338 e. The maximum Gasteiger partial charge on any atom is 0.338 e. The van der Waals surface area contributed by atoms with Gasteiger partial charge in [-0.3, -0.25) is 9.59 Å². The van der Waals surface area contributed by atoms with E-state index < -0.39 is 67.1 Å². The molecular weight excluding hydrogens is 432 g/mol. The van der Waals surface area contributed by atoms with Gasteiger partial charge in [-0.05, 0) is 25.0 Å². The van der Waals surface area contributed by atoms with Crippen LogP contribution in [-0.4, -0.2) is 67.4 Å². The lowest BCUT2D eigenvalue weighted by atomic mass is 9.96. The van der Waals surface area contributed by atoms with Crippen molar-refractivity contribution in [3.63, 3.8) is 0 Å². The summed E-state index contributed by atoms with van der Waals surface area (Å²) in [6, 6.07) is 8.27. The summed E-state index contributed by atoms with van der Waals surface area (Å²) in [5.74, 6) is -2.77. The molecule has 1 saturated heterocycles. The minimum absolute atomic E-state index is 0.275. The number of rotatable bonds is 4. The molecule has 33 heavy (non-hydrogen) atoms. The summed E-state index contributed by atoms with van der Waals surface area (Å²) in [7, 11) is 1.33. The van der Waals surface area contributed by atoms with Gasteiger partial charge in [-0.25, -0.2) is 4.79 Å². The average Bonchev–Trinajstić information content (AvgIpc) is 2.83. The first kappa shape index (κ1) is 24.9. The van der Waals surface area contributed by atoms with Gasteiger partial charge < -0.3 is 28.8 Å². The first-order valence-corrected chi connectivity index (χ1v) is 11.0. The van der Waals surface area contributed by atoms with Gasteiger partial charge in [0.1, 0.15) is 6.10 Å². The van der Waals surface area contributed by atoms with Gasteiger partial charge in [0.25, 0.3) is 0 Å². The Kier molecular flexibility index (Phi) is 8.60. The lowest BCUT2D eigenvalue weighted by Gasteiger charge is -2.44. The fraction of sp³-hybridized carbons (Fsp3) is 0.542. The van der Waals surface area contributed by atoms with Crippen LogP contribution in [0.1, 0.15) is 37.0 Å². The molecule has 1 N–H and O–H groups in total. The maximum atomic E-state index is 12.8. The van der Waals surface area contributed by atoms with E-state index in [1.54, 1.807) is 44.2 Å². The van der Waals surface area contributed by atoms with E-state index in [4.69, 9.17) is 23.7 Å². The van der Waals surface area contributed by atoms with Gasteiger partial charge in [0, 0.05) is 7.11 Å². The van der Waals surface area contributed by atoms with Crippen molar-refractivity contribution in [2.75, 3.05) is 13.7 Å². The minimum Gasteiger partial charge on any atom is -0.455 e. The van der Waals surface area contributed by atoms with Crippen LogP contribution >= 0.6 is 0 Å². The highest BCUT2D eigenvalue weighted by molar-refractivity contribution is 5.89. The Morgan fingerprint density at radius 2 is 1.58 bits per heavy atom. The van der Waals surface area contributed by atoms with E-state index in [1.807, 2.05) is 12.2 Å². The lowest BCUT2D eigenvalue weighted by Crippen LogP contribution is -2.63. The highest BCUT2D eigenvalue weighted by Gasteiger charge is 2.53. The molecule has 2 aliphatic heterocycles. The number of allylic oxidation sites excluding steroid dienone is 2. The number of aliphatic hydroxyl groups excluding tert-OH is 1. The Bertz CT molecular complexity index is 853. The van der Waals surface area contributed by atoms with Crippen LogP contribution in [0.25, 0.3) is 0 Å². The van der Waals surface area contributed by atoms with Crippen molar-refractivity contribution < 1.29 is 43.2 Å². The molecule has 0 saturated carbocycles. The number of hydrogen-bond donors (Lipinski definition) is 1. The van der Waals surface area contributed by atoms with E-state index in [1.165, 1.54) is 7.11 Å². The van der Waals surface area contributed by atoms with Crippen LogP contribution in [-0.2, 0) is 33.3 Å². The third-order valence-electron chi connectivity index (χ3n) is 5.71. The number of benzene rings is 1. The van der Waals surface area contributed by atoms with Gasteiger partial charge in [-0.1, -0.05) is 44.2 Å². The van der Waals surface area contributed by atoms with E-state index in [2.05, 4.69) is 0 Å². The highest BCUT2D eigenvalue weighted by atomic mass is 16.7. The monoisotopic (exact) mass is 462 g/mol. The predicted molar refractivity (Wildman–Crippen MR) is 115 cm³/mol. The fourth-order valence-electron chi connectivity index (χ4n) is 3.68.